The highest BCUT2D eigenvalue weighted by molar-refractivity contribution is 6.03. The van der Waals surface area contributed by atoms with E-state index in [1.165, 1.54) is 24.2 Å². The number of para-hydroxylation sites is 3. The normalized spacial score (nSPS) is 15.7. The predicted octanol–water partition coefficient (Wildman–Crippen LogP) is 4.09. The zero-order valence-electron chi connectivity index (χ0n) is 20.0. The lowest BCUT2D eigenvalue weighted by molar-refractivity contribution is -0.385. The van der Waals surface area contributed by atoms with Crippen molar-refractivity contribution in [2.45, 2.75) is 26.2 Å². The van der Waals surface area contributed by atoms with Crippen LogP contribution in [0.25, 0.3) is 22.3 Å². The molecule has 11 heteroatoms. The van der Waals surface area contributed by atoms with Gasteiger partial charge in [-0.05, 0) is 18.2 Å². The van der Waals surface area contributed by atoms with E-state index in [0.717, 1.165) is 5.39 Å². The first-order chi connectivity index (χ1) is 18.4. The van der Waals surface area contributed by atoms with E-state index < -0.39 is 34.9 Å². The van der Waals surface area contributed by atoms with Gasteiger partial charge in [0, 0.05) is 22.7 Å². The maximum atomic E-state index is 13.6. The lowest BCUT2D eigenvalue weighted by Crippen LogP contribution is -2.34. The summed E-state index contributed by atoms with van der Waals surface area (Å²) in [5, 5.41) is 23.4. The molecule has 0 saturated carbocycles. The molecular formula is C27H19N4O7+. The summed E-state index contributed by atoms with van der Waals surface area (Å²) in [6, 6.07) is 13.8. The number of nitrogens with zero attached hydrogens (tertiary/aromatic N) is 4. The Balaban J connectivity index is 1.66. The Kier molecular flexibility index (Phi) is 5.42. The number of fused-ring (bicyclic) bond motifs is 5. The van der Waals surface area contributed by atoms with E-state index in [1.807, 2.05) is 12.1 Å². The number of pyridine rings is 2. The second kappa shape index (κ2) is 8.82. The van der Waals surface area contributed by atoms with Gasteiger partial charge in [0.2, 0.25) is 12.7 Å². The lowest BCUT2D eigenvalue weighted by Gasteiger charge is -2.22. The maximum Gasteiger partial charge on any atom is 0.345 e. The molecule has 0 fully saturated rings. The van der Waals surface area contributed by atoms with Gasteiger partial charge in [0.25, 0.3) is 5.56 Å². The standard InChI is InChI=1S/C27H18N4O7/c1-2-37-25-21-17(13-38-27(25)34)26(33)30-12-16-15(11-28-19-9-5-6-10-20(19)32)14-7-3-4-8-18(14)29-22(16)24(30)23(21)31(35)36/h2-11,25H,12-13H2,1H3/p+1. The summed E-state index contributed by atoms with van der Waals surface area (Å²) in [6.07, 6.45) is 0.111. The number of hydrogen-bond acceptors (Lipinski definition) is 9. The van der Waals surface area contributed by atoms with Crippen LogP contribution in [0, 0.1) is 16.7 Å². The van der Waals surface area contributed by atoms with E-state index in [9.17, 15) is 24.8 Å². The minimum atomic E-state index is -1.45. The molecular weight excluding hydrogens is 492 g/mol. The fraction of sp³-hybridized carbons (Fsp3) is 0.148. The van der Waals surface area contributed by atoms with Gasteiger partial charge in [-0.1, -0.05) is 30.3 Å². The van der Waals surface area contributed by atoms with E-state index in [-0.39, 0.29) is 34.8 Å². The maximum absolute atomic E-state index is 13.6. The molecule has 0 amide bonds. The molecule has 4 heterocycles. The highest BCUT2D eigenvalue weighted by Crippen LogP contribution is 2.45. The number of cyclic esters (lactones) is 1. The average Bonchev–Trinajstić information content (AvgIpc) is 3.28. The van der Waals surface area contributed by atoms with Crippen LogP contribution in [0.2, 0.25) is 0 Å². The molecule has 4 aromatic rings. The minimum Gasteiger partial charge on any atom is -0.506 e. The van der Waals surface area contributed by atoms with Crippen molar-refractivity contribution in [3.8, 4) is 17.1 Å². The van der Waals surface area contributed by atoms with Gasteiger partial charge in [-0.15, -0.1) is 0 Å². The van der Waals surface area contributed by atoms with E-state index in [2.05, 4.69) is 4.99 Å². The minimum absolute atomic E-state index is 0.00302. The first-order valence-electron chi connectivity index (χ1n) is 11.7. The Hall–Kier alpha value is -5.03. The summed E-state index contributed by atoms with van der Waals surface area (Å²) in [7, 11) is 0. The molecule has 2 aromatic heterocycles. The molecule has 1 N–H and O–H groups in total. The number of phenolic OH excluding ortho intramolecular Hbond substituents is 1. The van der Waals surface area contributed by atoms with Gasteiger partial charge in [0.1, 0.15) is 36.4 Å². The molecule has 188 valence electrons. The van der Waals surface area contributed by atoms with E-state index in [4.69, 9.17) is 14.5 Å². The number of nitro groups is 1. The average molecular weight is 511 g/mol. The molecule has 0 spiro atoms. The molecule has 38 heavy (non-hydrogen) atoms. The van der Waals surface area contributed by atoms with Gasteiger partial charge in [0.05, 0.1) is 28.1 Å². The van der Waals surface area contributed by atoms with Crippen LogP contribution in [0.3, 0.4) is 0 Å². The largest absolute Gasteiger partial charge is 0.506 e. The molecule has 0 aliphatic carbocycles. The molecule has 6 rings (SSSR count). The summed E-state index contributed by atoms with van der Waals surface area (Å²) < 4.78 is 11.8. The van der Waals surface area contributed by atoms with Crippen LogP contribution in [0.4, 0.5) is 11.4 Å². The second-order valence-corrected chi connectivity index (χ2v) is 8.71. The topological polar surface area (TPSA) is 146 Å². The van der Waals surface area contributed by atoms with Crippen molar-refractivity contribution in [3.05, 3.63) is 97.9 Å². The number of esters is 1. The Bertz CT molecular complexity index is 1760. The van der Waals surface area contributed by atoms with Gasteiger partial charge in [-0.2, -0.15) is 4.74 Å². The van der Waals surface area contributed by atoms with Crippen molar-refractivity contribution in [1.82, 2.24) is 9.55 Å². The fourth-order valence-corrected chi connectivity index (χ4v) is 5.02. The number of aromatic hydroxyl groups is 1. The highest BCUT2D eigenvalue weighted by atomic mass is 16.6. The van der Waals surface area contributed by atoms with Gasteiger partial charge >= 0.3 is 11.7 Å². The Labute approximate surface area is 214 Å². The lowest BCUT2D eigenvalue weighted by atomic mass is 9.96. The summed E-state index contributed by atoms with van der Waals surface area (Å²) in [5.41, 5.74) is 1.19. The molecule has 2 aromatic carbocycles. The van der Waals surface area contributed by atoms with Crippen molar-refractivity contribution in [2.24, 2.45) is 4.99 Å². The summed E-state index contributed by atoms with van der Waals surface area (Å²) in [6.45, 7) is 2.34. The molecule has 1 unspecified atom stereocenters. The smallest absolute Gasteiger partial charge is 0.345 e. The van der Waals surface area contributed by atoms with Crippen molar-refractivity contribution >= 4 is 34.5 Å². The number of phenols is 1. The first-order valence-corrected chi connectivity index (χ1v) is 11.7. The first kappa shape index (κ1) is 23.4. The number of carbonyl (C=O) groups excluding carboxylic acids is 1. The van der Waals surface area contributed by atoms with Crippen LogP contribution in [0.5, 0.6) is 5.75 Å². The molecule has 2 aliphatic heterocycles. The number of benzene rings is 2. The van der Waals surface area contributed by atoms with Crippen LogP contribution in [0.15, 0.2) is 58.3 Å². The third-order valence-corrected chi connectivity index (χ3v) is 6.66. The fourth-order valence-electron chi connectivity index (χ4n) is 5.02. The van der Waals surface area contributed by atoms with Crippen LogP contribution < -0.4 is 5.56 Å². The van der Waals surface area contributed by atoms with Crippen LogP contribution in [-0.2, 0) is 27.4 Å². The third-order valence-electron chi connectivity index (χ3n) is 6.66. The van der Waals surface area contributed by atoms with Crippen molar-refractivity contribution in [2.75, 3.05) is 0 Å². The number of aromatic nitrogens is 2. The molecule has 2 aliphatic rings. The molecule has 1 atom stereocenters. The number of rotatable bonds is 5. The summed E-state index contributed by atoms with van der Waals surface area (Å²) >= 11 is 0. The SMILES string of the molecule is C[CH+]OC1C(=O)OCc2c1c([N+](=O)[O-])c1n(c2=O)Cc2c-1nc1ccccc1c2C=Nc1ccccc1O. The van der Waals surface area contributed by atoms with Crippen LogP contribution in [-0.4, -0.2) is 31.8 Å². The van der Waals surface area contributed by atoms with Crippen molar-refractivity contribution in [3.63, 3.8) is 0 Å². The zero-order chi connectivity index (χ0) is 26.6. The van der Waals surface area contributed by atoms with Crippen LogP contribution in [0.1, 0.15) is 35.3 Å². The third kappa shape index (κ3) is 3.44. The summed E-state index contributed by atoms with van der Waals surface area (Å²) in [5.74, 6) is -0.826. The summed E-state index contributed by atoms with van der Waals surface area (Å²) in [4.78, 5) is 47.2. The van der Waals surface area contributed by atoms with Gasteiger partial charge in [-0.3, -0.25) is 24.5 Å². The Morgan fingerprint density at radius 2 is 1.97 bits per heavy atom. The number of carbonyl (C=O) groups is 1. The number of aliphatic imine (C=N–C) groups is 1. The van der Waals surface area contributed by atoms with Gasteiger partial charge in [0.15, 0.2) is 0 Å². The Morgan fingerprint density at radius 3 is 2.74 bits per heavy atom. The Morgan fingerprint density at radius 1 is 1.21 bits per heavy atom. The van der Waals surface area contributed by atoms with E-state index >= 15 is 0 Å². The van der Waals surface area contributed by atoms with E-state index in [1.54, 1.807) is 36.5 Å². The zero-order valence-corrected chi connectivity index (χ0v) is 20.0. The van der Waals surface area contributed by atoms with Crippen molar-refractivity contribution < 1.29 is 24.3 Å². The number of ether oxygens (including phenoxy) is 2. The van der Waals surface area contributed by atoms with Crippen molar-refractivity contribution in [1.29, 1.82) is 0 Å². The second-order valence-electron chi connectivity index (χ2n) is 8.71. The molecule has 11 nitrogen and oxygen atoms in total. The predicted molar refractivity (Wildman–Crippen MR) is 136 cm³/mol. The molecule has 0 radical (unpaired) electrons. The number of hydrogen-bond donors (Lipinski definition) is 1. The molecule has 0 bridgehead atoms. The van der Waals surface area contributed by atoms with Gasteiger partial charge in [-0.25, -0.2) is 9.78 Å². The van der Waals surface area contributed by atoms with Gasteiger partial charge < -0.3 is 9.84 Å². The molecule has 0 saturated heterocycles. The highest BCUT2D eigenvalue weighted by Gasteiger charge is 2.46. The van der Waals surface area contributed by atoms with Crippen LogP contribution >= 0.6 is 0 Å². The van der Waals surface area contributed by atoms with E-state index in [0.29, 0.717) is 22.3 Å². The quantitative estimate of drug-likeness (QED) is 0.122. The monoisotopic (exact) mass is 511 g/mol.